The third-order valence-electron chi connectivity index (χ3n) is 6.33. The molecule has 3 aromatic rings. The standard InChI is InChI=1S/C25H30N4OS/c1-15(2)30-23-9-6-16(12-21(23)27)25-28-13-24(31-25)20-5-3-4-19-18(20)7-8-22(19)29-11-10-17(26)14-29/h3-6,9,12-13,15,17,22H,7-8,10-11,14,26-27H2,1-2H3/t17-,22?/m0/s1. The summed E-state index contributed by atoms with van der Waals surface area (Å²) in [5.74, 6) is 0.726. The van der Waals surface area contributed by atoms with Crippen molar-refractivity contribution in [2.45, 2.75) is 51.3 Å². The van der Waals surface area contributed by atoms with Crippen LogP contribution in [-0.4, -0.2) is 35.1 Å². The third-order valence-corrected chi connectivity index (χ3v) is 7.41. The number of hydrogen-bond donors (Lipinski definition) is 2. The molecule has 31 heavy (non-hydrogen) atoms. The first kappa shape index (κ1) is 20.5. The second-order valence-corrected chi connectivity index (χ2v) is 9.95. The molecule has 6 heteroatoms. The predicted molar refractivity (Wildman–Crippen MR) is 128 cm³/mol. The number of nitrogen functional groups attached to an aromatic ring is 1. The Labute approximate surface area is 188 Å². The van der Waals surface area contributed by atoms with E-state index in [-0.39, 0.29) is 6.10 Å². The smallest absolute Gasteiger partial charge is 0.142 e. The predicted octanol–water partition coefficient (Wildman–Crippen LogP) is 4.87. The van der Waals surface area contributed by atoms with Crippen LogP contribution in [0.15, 0.2) is 42.6 Å². The average Bonchev–Trinajstić information content (AvgIpc) is 3.48. The van der Waals surface area contributed by atoms with Crippen LogP contribution in [0.25, 0.3) is 21.0 Å². The lowest BCUT2D eigenvalue weighted by molar-refractivity contribution is 0.242. The van der Waals surface area contributed by atoms with E-state index in [9.17, 15) is 0 Å². The molecule has 5 nitrogen and oxygen atoms in total. The minimum atomic E-state index is 0.0971. The average molecular weight is 435 g/mol. The number of ether oxygens (including phenoxy) is 1. The highest BCUT2D eigenvalue weighted by atomic mass is 32.1. The van der Waals surface area contributed by atoms with Crippen molar-refractivity contribution in [3.63, 3.8) is 0 Å². The zero-order chi connectivity index (χ0) is 21.5. The Morgan fingerprint density at radius 3 is 2.81 bits per heavy atom. The number of aromatic nitrogens is 1. The topological polar surface area (TPSA) is 77.4 Å². The first-order valence-electron chi connectivity index (χ1n) is 11.1. The molecule has 0 bridgehead atoms. The summed E-state index contributed by atoms with van der Waals surface area (Å²) in [4.78, 5) is 8.51. The zero-order valence-corrected chi connectivity index (χ0v) is 19.0. The lowest BCUT2D eigenvalue weighted by atomic mass is 10.0. The van der Waals surface area contributed by atoms with Gasteiger partial charge < -0.3 is 16.2 Å². The molecule has 1 aliphatic heterocycles. The van der Waals surface area contributed by atoms with E-state index in [1.807, 2.05) is 38.2 Å². The van der Waals surface area contributed by atoms with Gasteiger partial charge in [0, 0.05) is 36.9 Å². The van der Waals surface area contributed by atoms with E-state index in [4.69, 9.17) is 21.2 Å². The Balaban J connectivity index is 1.42. The number of thiazole rings is 1. The lowest BCUT2D eigenvalue weighted by Crippen LogP contribution is -2.29. The molecule has 0 amide bonds. The van der Waals surface area contributed by atoms with Crippen molar-refractivity contribution in [3.8, 4) is 26.8 Å². The molecule has 1 unspecified atom stereocenters. The van der Waals surface area contributed by atoms with Gasteiger partial charge in [-0.25, -0.2) is 4.98 Å². The molecule has 1 fully saturated rings. The van der Waals surface area contributed by atoms with Crippen molar-refractivity contribution < 1.29 is 4.74 Å². The van der Waals surface area contributed by atoms with Crippen molar-refractivity contribution in [3.05, 3.63) is 53.7 Å². The number of anilines is 1. The Bertz CT molecular complexity index is 1090. The number of nitrogens with zero attached hydrogens (tertiary/aromatic N) is 2. The van der Waals surface area contributed by atoms with Gasteiger partial charge in [-0.3, -0.25) is 4.90 Å². The fraction of sp³-hybridized carbons (Fsp3) is 0.400. The van der Waals surface area contributed by atoms with Crippen LogP contribution in [0.5, 0.6) is 5.75 Å². The third kappa shape index (κ3) is 3.95. The number of likely N-dealkylation sites (tertiary alicyclic amines) is 1. The Hall–Kier alpha value is -2.41. The number of nitrogens with two attached hydrogens (primary N) is 2. The van der Waals surface area contributed by atoms with Gasteiger partial charge in [0.1, 0.15) is 10.8 Å². The number of benzene rings is 2. The fourth-order valence-electron chi connectivity index (χ4n) is 4.92. The van der Waals surface area contributed by atoms with Gasteiger partial charge in [0.15, 0.2) is 0 Å². The summed E-state index contributed by atoms with van der Waals surface area (Å²) < 4.78 is 5.77. The van der Waals surface area contributed by atoms with Crippen molar-refractivity contribution in [1.82, 2.24) is 9.88 Å². The maximum Gasteiger partial charge on any atom is 0.142 e. The van der Waals surface area contributed by atoms with E-state index >= 15 is 0 Å². The Morgan fingerprint density at radius 1 is 1.19 bits per heavy atom. The van der Waals surface area contributed by atoms with E-state index in [1.165, 1.54) is 28.0 Å². The summed E-state index contributed by atoms with van der Waals surface area (Å²) in [5.41, 5.74) is 18.3. The van der Waals surface area contributed by atoms with Gasteiger partial charge in [-0.05, 0) is 68.0 Å². The van der Waals surface area contributed by atoms with Crippen LogP contribution >= 0.6 is 11.3 Å². The molecule has 5 rings (SSSR count). The van der Waals surface area contributed by atoms with Gasteiger partial charge in [0.2, 0.25) is 0 Å². The SMILES string of the molecule is CC(C)Oc1ccc(-c2ncc(-c3cccc4c3CCC4N3CC[C@H](N)C3)s2)cc1N. The molecule has 2 heterocycles. The second kappa shape index (κ2) is 8.26. The lowest BCUT2D eigenvalue weighted by Gasteiger charge is -2.24. The van der Waals surface area contributed by atoms with Crippen LogP contribution in [0, 0.1) is 0 Å². The highest BCUT2D eigenvalue weighted by Gasteiger charge is 2.33. The van der Waals surface area contributed by atoms with Crippen LogP contribution in [0.3, 0.4) is 0 Å². The summed E-state index contributed by atoms with van der Waals surface area (Å²) in [5, 5.41) is 0.982. The van der Waals surface area contributed by atoms with Crippen molar-refractivity contribution in [2.24, 2.45) is 5.73 Å². The van der Waals surface area contributed by atoms with E-state index in [0.717, 1.165) is 42.3 Å². The van der Waals surface area contributed by atoms with E-state index in [2.05, 4.69) is 23.1 Å². The largest absolute Gasteiger partial charge is 0.489 e. The normalized spacial score (nSPS) is 21.0. The molecule has 2 atom stereocenters. The van der Waals surface area contributed by atoms with Crippen LogP contribution < -0.4 is 16.2 Å². The Morgan fingerprint density at radius 2 is 2.06 bits per heavy atom. The van der Waals surface area contributed by atoms with Gasteiger partial charge in [0.25, 0.3) is 0 Å². The Kier molecular flexibility index (Phi) is 5.46. The van der Waals surface area contributed by atoms with E-state index < -0.39 is 0 Å². The molecule has 0 saturated carbocycles. The summed E-state index contributed by atoms with van der Waals surface area (Å²) in [6.45, 7) is 6.12. The fourth-order valence-corrected chi connectivity index (χ4v) is 5.88. The molecular weight excluding hydrogens is 404 g/mol. The van der Waals surface area contributed by atoms with Gasteiger partial charge >= 0.3 is 0 Å². The molecular formula is C25H30N4OS. The van der Waals surface area contributed by atoms with Crippen LogP contribution in [0.4, 0.5) is 5.69 Å². The number of fused-ring (bicyclic) bond motifs is 1. The molecule has 4 N–H and O–H groups in total. The molecule has 1 saturated heterocycles. The molecule has 2 aromatic carbocycles. The minimum Gasteiger partial charge on any atom is -0.489 e. The summed E-state index contributed by atoms with van der Waals surface area (Å²) in [7, 11) is 0. The highest BCUT2D eigenvalue weighted by Crippen LogP contribution is 2.44. The molecule has 162 valence electrons. The van der Waals surface area contributed by atoms with Crippen molar-refractivity contribution in [1.29, 1.82) is 0 Å². The summed E-state index contributed by atoms with van der Waals surface area (Å²) in [6, 6.07) is 13.5. The molecule has 0 radical (unpaired) electrons. The maximum absolute atomic E-state index is 6.22. The zero-order valence-electron chi connectivity index (χ0n) is 18.2. The van der Waals surface area contributed by atoms with Crippen LogP contribution in [0.1, 0.15) is 43.9 Å². The summed E-state index contributed by atoms with van der Waals surface area (Å²) >= 11 is 1.73. The highest BCUT2D eigenvalue weighted by molar-refractivity contribution is 7.18. The van der Waals surface area contributed by atoms with Crippen molar-refractivity contribution in [2.75, 3.05) is 18.8 Å². The number of hydrogen-bond acceptors (Lipinski definition) is 6. The van der Waals surface area contributed by atoms with E-state index in [0.29, 0.717) is 17.8 Å². The first-order chi connectivity index (χ1) is 15.0. The monoisotopic (exact) mass is 434 g/mol. The molecule has 1 aliphatic carbocycles. The van der Waals surface area contributed by atoms with Gasteiger partial charge in [0.05, 0.1) is 16.7 Å². The van der Waals surface area contributed by atoms with Gasteiger partial charge in [-0.1, -0.05) is 18.2 Å². The van der Waals surface area contributed by atoms with E-state index in [1.54, 1.807) is 11.3 Å². The number of rotatable bonds is 5. The summed E-state index contributed by atoms with van der Waals surface area (Å²) in [6.07, 6.45) is 5.50. The molecule has 1 aromatic heterocycles. The maximum atomic E-state index is 6.22. The first-order valence-corrected chi connectivity index (χ1v) is 12.0. The molecule has 2 aliphatic rings. The van der Waals surface area contributed by atoms with Gasteiger partial charge in [-0.2, -0.15) is 0 Å². The molecule has 0 spiro atoms. The minimum absolute atomic E-state index is 0.0971. The quantitative estimate of drug-likeness (QED) is 0.561. The van der Waals surface area contributed by atoms with Crippen LogP contribution in [0.2, 0.25) is 0 Å². The van der Waals surface area contributed by atoms with Gasteiger partial charge in [-0.15, -0.1) is 11.3 Å². The van der Waals surface area contributed by atoms with Crippen molar-refractivity contribution >= 4 is 17.0 Å². The van der Waals surface area contributed by atoms with Crippen LogP contribution in [-0.2, 0) is 6.42 Å². The second-order valence-electron chi connectivity index (χ2n) is 8.92.